The van der Waals surface area contributed by atoms with Crippen molar-refractivity contribution in [3.63, 3.8) is 0 Å². The van der Waals surface area contributed by atoms with Crippen molar-refractivity contribution in [3.8, 4) is 22.6 Å². The summed E-state index contributed by atoms with van der Waals surface area (Å²) in [4.78, 5) is 0. The summed E-state index contributed by atoms with van der Waals surface area (Å²) in [5, 5.41) is 3.32. The van der Waals surface area contributed by atoms with Gasteiger partial charge in [0.15, 0.2) is 11.5 Å². The Morgan fingerprint density at radius 1 is 0.850 bits per heavy atom. The fourth-order valence-electron chi connectivity index (χ4n) is 2.10. The van der Waals surface area contributed by atoms with Gasteiger partial charge in [0.25, 0.3) is 0 Å². The van der Waals surface area contributed by atoms with E-state index in [-0.39, 0.29) is 0 Å². The Morgan fingerprint density at radius 3 is 2.10 bits per heavy atom. The Bertz CT molecular complexity index is 549. The van der Waals surface area contributed by atoms with Crippen LogP contribution in [0.2, 0.25) is 0 Å². The van der Waals surface area contributed by atoms with E-state index in [1.165, 1.54) is 11.1 Å². The van der Waals surface area contributed by atoms with Gasteiger partial charge in [-0.1, -0.05) is 37.3 Å². The van der Waals surface area contributed by atoms with E-state index in [0.717, 1.165) is 30.2 Å². The lowest BCUT2D eigenvalue weighted by Gasteiger charge is -2.10. The van der Waals surface area contributed by atoms with Crippen LogP contribution in [0.4, 0.5) is 0 Å². The van der Waals surface area contributed by atoms with E-state index < -0.39 is 0 Å². The summed E-state index contributed by atoms with van der Waals surface area (Å²) in [5.74, 6) is 1.50. The van der Waals surface area contributed by atoms with Gasteiger partial charge in [-0.05, 0) is 35.4 Å². The SMILES string of the molecule is CCNCc1ccc(-c2ccc(OC)c(OC)c2)cc1. The normalized spacial score (nSPS) is 10.3. The molecule has 0 aliphatic heterocycles. The number of benzene rings is 2. The van der Waals surface area contributed by atoms with Crippen LogP contribution in [-0.4, -0.2) is 20.8 Å². The Labute approximate surface area is 120 Å². The summed E-state index contributed by atoms with van der Waals surface area (Å²) in [5.41, 5.74) is 3.58. The second-order valence-corrected chi connectivity index (χ2v) is 4.55. The molecule has 0 heterocycles. The summed E-state index contributed by atoms with van der Waals surface area (Å²) in [7, 11) is 3.30. The fraction of sp³-hybridized carbons (Fsp3) is 0.294. The maximum Gasteiger partial charge on any atom is 0.161 e. The number of nitrogens with one attached hydrogen (secondary N) is 1. The molecule has 20 heavy (non-hydrogen) atoms. The molecule has 0 aliphatic carbocycles. The highest BCUT2D eigenvalue weighted by Crippen LogP contribution is 2.32. The first-order valence-corrected chi connectivity index (χ1v) is 6.80. The molecule has 3 nitrogen and oxygen atoms in total. The smallest absolute Gasteiger partial charge is 0.161 e. The molecule has 2 aromatic rings. The molecule has 0 aromatic heterocycles. The third-order valence-corrected chi connectivity index (χ3v) is 3.25. The maximum atomic E-state index is 5.34. The molecule has 0 bridgehead atoms. The Balaban J connectivity index is 2.22. The summed E-state index contributed by atoms with van der Waals surface area (Å²) >= 11 is 0. The molecule has 3 heteroatoms. The van der Waals surface area contributed by atoms with E-state index in [1.807, 2.05) is 18.2 Å². The van der Waals surface area contributed by atoms with E-state index in [9.17, 15) is 0 Å². The fourth-order valence-corrected chi connectivity index (χ4v) is 2.10. The molecular weight excluding hydrogens is 250 g/mol. The van der Waals surface area contributed by atoms with Crippen molar-refractivity contribution in [1.82, 2.24) is 5.32 Å². The van der Waals surface area contributed by atoms with Crippen molar-refractivity contribution in [1.29, 1.82) is 0 Å². The van der Waals surface area contributed by atoms with E-state index in [1.54, 1.807) is 14.2 Å². The minimum Gasteiger partial charge on any atom is -0.493 e. The van der Waals surface area contributed by atoms with E-state index in [0.29, 0.717) is 0 Å². The van der Waals surface area contributed by atoms with Crippen molar-refractivity contribution >= 4 is 0 Å². The lowest BCUT2D eigenvalue weighted by atomic mass is 10.0. The second kappa shape index (κ2) is 6.96. The van der Waals surface area contributed by atoms with Crippen LogP contribution in [0.25, 0.3) is 11.1 Å². The van der Waals surface area contributed by atoms with Crippen molar-refractivity contribution in [2.45, 2.75) is 13.5 Å². The number of hydrogen-bond acceptors (Lipinski definition) is 3. The molecule has 0 atom stereocenters. The van der Waals surface area contributed by atoms with Gasteiger partial charge < -0.3 is 14.8 Å². The third-order valence-electron chi connectivity index (χ3n) is 3.25. The van der Waals surface area contributed by atoms with Crippen LogP contribution in [0.1, 0.15) is 12.5 Å². The summed E-state index contributed by atoms with van der Waals surface area (Å²) < 4.78 is 10.6. The van der Waals surface area contributed by atoms with Crippen LogP contribution < -0.4 is 14.8 Å². The van der Waals surface area contributed by atoms with Crippen molar-refractivity contribution < 1.29 is 9.47 Å². The molecule has 0 spiro atoms. The minimum absolute atomic E-state index is 0.750. The molecule has 0 aliphatic rings. The molecule has 2 aromatic carbocycles. The Morgan fingerprint density at radius 2 is 1.50 bits per heavy atom. The Kier molecular flexibility index (Phi) is 5.02. The van der Waals surface area contributed by atoms with Gasteiger partial charge in [0.2, 0.25) is 0 Å². The topological polar surface area (TPSA) is 30.5 Å². The van der Waals surface area contributed by atoms with E-state index in [2.05, 4.69) is 36.5 Å². The molecule has 0 radical (unpaired) electrons. The number of ether oxygens (including phenoxy) is 2. The molecule has 2 rings (SSSR count). The zero-order valence-electron chi connectivity index (χ0n) is 12.3. The van der Waals surface area contributed by atoms with Crippen LogP contribution >= 0.6 is 0 Å². The standard InChI is InChI=1S/C17H21NO2/c1-4-18-12-13-5-7-14(8-6-13)15-9-10-16(19-2)17(11-15)20-3/h5-11,18H,4,12H2,1-3H3. The predicted molar refractivity (Wildman–Crippen MR) is 82.4 cm³/mol. The first kappa shape index (κ1) is 14.4. The minimum atomic E-state index is 0.750. The van der Waals surface area contributed by atoms with Gasteiger partial charge in [-0.25, -0.2) is 0 Å². The number of rotatable bonds is 6. The second-order valence-electron chi connectivity index (χ2n) is 4.55. The van der Waals surface area contributed by atoms with Crippen LogP contribution in [0.5, 0.6) is 11.5 Å². The average molecular weight is 271 g/mol. The van der Waals surface area contributed by atoms with Crippen LogP contribution in [0.3, 0.4) is 0 Å². The lowest BCUT2D eigenvalue weighted by molar-refractivity contribution is 0.355. The molecule has 0 amide bonds. The van der Waals surface area contributed by atoms with Gasteiger partial charge in [0, 0.05) is 6.54 Å². The molecule has 0 saturated heterocycles. The predicted octanol–water partition coefficient (Wildman–Crippen LogP) is 3.48. The molecular formula is C17H21NO2. The monoisotopic (exact) mass is 271 g/mol. The van der Waals surface area contributed by atoms with Crippen LogP contribution in [0.15, 0.2) is 42.5 Å². The summed E-state index contributed by atoms with van der Waals surface area (Å²) in [6.07, 6.45) is 0. The third kappa shape index (κ3) is 3.31. The maximum absolute atomic E-state index is 5.34. The zero-order valence-corrected chi connectivity index (χ0v) is 12.3. The average Bonchev–Trinajstić information content (AvgIpc) is 2.52. The highest BCUT2D eigenvalue weighted by Gasteiger charge is 2.06. The van der Waals surface area contributed by atoms with Gasteiger partial charge in [0.1, 0.15) is 0 Å². The van der Waals surface area contributed by atoms with E-state index in [4.69, 9.17) is 9.47 Å². The molecule has 106 valence electrons. The quantitative estimate of drug-likeness (QED) is 0.872. The molecule has 1 N–H and O–H groups in total. The van der Waals surface area contributed by atoms with E-state index >= 15 is 0 Å². The molecule has 0 unspecified atom stereocenters. The first-order valence-electron chi connectivity index (χ1n) is 6.80. The van der Waals surface area contributed by atoms with Crippen LogP contribution in [0, 0.1) is 0 Å². The zero-order chi connectivity index (χ0) is 14.4. The highest BCUT2D eigenvalue weighted by atomic mass is 16.5. The van der Waals surface area contributed by atoms with Gasteiger partial charge in [0.05, 0.1) is 14.2 Å². The molecule has 0 saturated carbocycles. The van der Waals surface area contributed by atoms with Gasteiger partial charge in [-0.15, -0.1) is 0 Å². The highest BCUT2D eigenvalue weighted by molar-refractivity contribution is 5.67. The van der Waals surface area contributed by atoms with Gasteiger partial charge >= 0.3 is 0 Å². The van der Waals surface area contributed by atoms with Crippen molar-refractivity contribution in [2.24, 2.45) is 0 Å². The summed E-state index contributed by atoms with van der Waals surface area (Å²) in [6.45, 7) is 4.00. The van der Waals surface area contributed by atoms with Gasteiger partial charge in [-0.2, -0.15) is 0 Å². The first-order chi connectivity index (χ1) is 9.78. The summed E-state index contributed by atoms with van der Waals surface area (Å²) in [6, 6.07) is 14.5. The number of methoxy groups -OCH3 is 2. The van der Waals surface area contributed by atoms with Crippen molar-refractivity contribution in [3.05, 3.63) is 48.0 Å². The van der Waals surface area contributed by atoms with Gasteiger partial charge in [-0.3, -0.25) is 0 Å². The largest absolute Gasteiger partial charge is 0.493 e. The lowest BCUT2D eigenvalue weighted by Crippen LogP contribution is -2.11. The Hall–Kier alpha value is -2.00. The molecule has 0 fully saturated rings. The van der Waals surface area contributed by atoms with Crippen LogP contribution in [-0.2, 0) is 6.54 Å². The van der Waals surface area contributed by atoms with Crippen molar-refractivity contribution in [2.75, 3.05) is 20.8 Å². The number of hydrogen-bond donors (Lipinski definition) is 1.